The SMILES string of the molecule is O=c1[nH]c(Cc2cccc(Cl)c2)nc2sc(S(=O)(=O)O)cc12. The highest BCUT2D eigenvalue weighted by Crippen LogP contribution is 2.25. The fourth-order valence-electron chi connectivity index (χ4n) is 2.01. The van der Waals surface area contributed by atoms with Gasteiger partial charge in [-0.05, 0) is 23.8 Å². The second kappa shape index (κ2) is 5.47. The Labute approximate surface area is 134 Å². The van der Waals surface area contributed by atoms with Crippen LogP contribution >= 0.6 is 22.9 Å². The number of hydrogen-bond donors (Lipinski definition) is 2. The van der Waals surface area contributed by atoms with Gasteiger partial charge in [-0.15, -0.1) is 11.3 Å². The van der Waals surface area contributed by atoms with Crippen LogP contribution in [-0.2, 0) is 16.5 Å². The van der Waals surface area contributed by atoms with Crippen molar-refractivity contribution in [3.8, 4) is 0 Å². The molecule has 0 amide bonds. The lowest BCUT2D eigenvalue weighted by Gasteiger charge is -2.01. The molecule has 0 saturated carbocycles. The molecule has 1 aromatic carbocycles. The maximum atomic E-state index is 12.0. The van der Waals surface area contributed by atoms with Gasteiger partial charge in [-0.3, -0.25) is 9.35 Å². The van der Waals surface area contributed by atoms with E-state index in [4.69, 9.17) is 16.2 Å². The third-order valence-corrected chi connectivity index (χ3v) is 5.51. The van der Waals surface area contributed by atoms with Crippen molar-refractivity contribution in [2.24, 2.45) is 0 Å². The van der Waals surface area contributed by atoms with Gasteiger partial charge in [0.25, 0.3) is 5.56 Å². The number of aromatic nitrogens is 2. The molecular weight excluding hydrogens is 348 g/mol. The summed E-state index contributed by atoms with van der Waals surface area (Å²) in [5.74, 6) is 0.392. The molecule has 0 bridgehead atoms. The van der Waals surface area contributed by atoms with Crippen molar-refractivity contribution in [2.75, 3.05) is 0 Å². The van der Waals surface area contributed by atoms with Gasteiger partial charge in [0.15, 0.2) is 0 Å². The van der Waals surface area contributed by atoms with Gasteiger partial charge in [0.1, 0.15) is 14.9 Å². The molecule has 0 spiro atoms. The van der Waals surface area contributed by atoms with Gasteiger partial charge in [0.2, 0.25) is 0 Å². The van der Waals surface area contributed by atoms with E-state index in [1.165, 1.54) is 0 Å². The molecule has 0 aliphatic rings. The number of benzene rings is 1. The standard InChI is InChI=1S/C13H9ClN2O4S2/c14-8-3-1-2-7(4-8)5-10-15-12(17)9-6-11(22(18,19)20)21-13(9)16-10/h1-4,6H,5H2,(H,15,16,17)(H,18,19,20). The number of thiophene rings is 1. The summed E-state index contributed by atoms with van der Waals surface area (Å²) in [6.45, 7) is 0. The maximum absolute atomic E-state index is 12.0. The minimum absolute atomic E-state index is 0.132. The first-order valence-electron chi connectivity index (χ1n) is 6.07. The van der Waals surface area contributed by atoms with E-state index in [2.05, 4.69) is 9.97 Å². The summed E-state index contributed by atoms with van der Waals surface area (Å²) in [5, 5.41) is 0.707. The summed E-state index contributed by atoms with van der Waals surface area (Å²) < 4.78 is 31.0. The largest absolute Gasteiger partial charge is 0.310 e. The van der Waals surface area contributed by atoms with Crippen LogP contribution in [0.1, 0.15) is 11.4 Å². The number of halogens is 1. The summed E-state index contributed by atoms with van der Waals surface area (Å²) >= 11 is 6.66. The van der Waals surface area contributed by atoms with E-state index in [0.29, 0.717) is 17.3 Å². The smallest absolute Gasteiger partial charge is 0.304 e. The molecule has 0 atom stereocenters. The van der Waals surface area contributed by atoms with Crippen molar-refractivity contribution in [3.05, 3.63) is 57.1 Å². The maximum Gasteiger partial charge on any atom is 0.304 e. The minimum atomic E-state index is -4.35. The molecule has 22 heavy (non-hydrogen) atoms. The predicted molar refractivity (Wildman–Crippen MR) is 84.3 cm³/mol. The van der Waals surface area contributed by atoms with Gasteiger partial charge in [-0.2, -0.15) is 8.42 Å². The number of aromatic amines is 1. The van der Waals surface area contributed by atoms with Gasteiger partial charge in [0, 0.05) is 11.4 Å². The Morgan fingerprint density at radius 1 is 1.32 bits per heavy atom. The first-order chi connectivity index (χ1) is 10.3. The number of fused-ring (bicyclic) bond motifs is 1. The normalized spacial score (nSPS) is 11.9. The summed E-state index contributed by atoms with van der Waals surface area (Å²) in [6, 6.07) is 8.24. The molecule has 6 nitrogen and oxygen atoms in total. The highest BCUT2D eigenvalue weighted by Gasteiger charge is 2.17. The van der Waals surface area contributed by atoms with Crippen LogP contribution in [0.2, 0.25) is 5.02 Å². The van der Waals surface area contributed by atoms with Gasteiger partial charge < -0.3 is 4.98 Å². The zero-order valence-electron chi connectivity index (χ0n) is 10.9. The predicted octanol–water partition coefficient (Wildman–Crippen LogP) is 2.48. The average Bonchev–Trinajstić information content (AvgIpc) is 2.83. The minimum Gasteiger partial charge on any atom is -0.310 e. The molecule has 3 rings (SSSR count). The van der Waals surface area contributed by atoms with Crippen molar-refractivity contribution in [3.63, 3.8) is 0 Å². The van der Waals surface area contributed by atoms with Crippen molar-refractivity contribution < 1.29 is 13.0 Å². The van der Waals surface area contributed by atoms with Crippen LogP contribution in [0.3, 0.4) is 0 Å². The van der Waals surface area contributed by atoms with E-state index in [1.807, 2.05) is 6.07 Å². The Morgan fingerprint density at radius 2 is 2.09 bits per heavy atom. The molecule has 2 aromatic heterocycles. The van der Waals surface area contributed by atoms with Crippen LogP contribution in [0.5, 0.6) is 0 Å². The van der Waals surface area contributed by atoms with E-state index >= 15 is 0 Å². The van der Waals surface area contributed by atoms with Crippen LogP contribution in [0, 0.1) is 0 Å². The fourth-order valence-corrected chi connectivity index (χ4v) is 3.93. The molecule has 2 N–H and O–H groups in total. The summed E-state index contributed by atoms with van der Waals surface area (Å²) in [6.07, 6.45) is 0.352. The Hall–Kier alpha value is -1.74. The summed E-state index contributed by atoms with van der Waals surface area (Å²) in [5.41, 5.74) is 0.412. The molecule has 0 aliphatic carbocycles. The molecule has 0 fully saturated rings. The highest BCUT2D eigenvalue weighted by atomic mass is 35.5. The van der Waals surface area contributed by atoms with Gasteiger partial charge in [-0.25, -0.2) is 4.98 Å². The molecular formula is C13H9ClN2O4S2. The van der Waals surface area contributed by atoms with Gasteiger partial charge >= 0.3 is 10.1 Å². The van der Waals surface area contributed by atoms with Gasteiger partial charge in [0.05, 0.1) is 5.39 Å². The van der Waals surface area contributed by atoms with E-state index in [-0.39, 0.29) is 14.4 Å². The number of rotatable bonds is 3. The average molecular weight is 357 g/mol. The lowest BCUT2D eigenvalue weighted by atomic mass is 10.1. The molecule has 0 unspecified atom stereocenters. The van der Waals surface area contributed by atoms with Crippen molar-refractivity contribution in [2.45, 2.75) is 10.6 Å². The first kappa shape index (κ1) is 15.2. The third-order valence-electron chi connectivity index (χ3n) is 2.94. The molecule has 0 saturated heterocycles. The van der Waals surface area contributed by atoms with Crippen LogP contribution in [0.4, 0.5) is 0 Å². The molecule has 0 aliphatic heterocycles. The van der Waals surface area contributed by atoms with E-state index in [1.54, 1.807) is 18.2 Å². The van der Waals surface area contributed by atoms with E-state index < -0.39 is 15.7 Å². The second-order valence-corrected chi connectivity index (χ2v) is 7.69. The topological polar surface area (TPSA) is 100 Å². The third kappa shape index (κ3) is 3.05. The number of nitrogens with one attached hydrogen (secondary N) is 1. The zero-order valence-corrected chi connectivity index (χ0v) is 13.3. The lowest BCUT2D eigenvalue weighted by molar-refractivity contribution is 0.485. The Bertz CT molecular complexity index is 1020. The van der Waals surface area contributed by atoms with Crippen molar-refractivity contribution >= 4 is 43.3 Å². The molecule has 9 heteroatoms. The number of nitrogens with zero attached hydrogens (tertiary/aromatic N) is 1. The second-order valence-electron chi connectivity index (χ2n) is 4.58. The van der Waals surface area contributed by atoms with Crippen LogP contribution in [-0.4, -0.2) is 22.9 Å². The van der Waals surface area contributed by atoms with Crippen molar-refractivity contribution in [1.82, 2.24) is 9.97 Å². The fraction of sp³-hybridized carbons (Fsp3) is 0.0769. The number of hydrogen-bond acceptors (Lipinski definition) is 5. The number of H-pyrrole nitrogens is 1. The highest BCUT2D eigenvalue weighted by molar-refractivity contribution is 7.88. The Kier molecular flexibility index (Phi) is 3.77. The van der Waals surface area contributed by atoms with E-state index in [9.17, 15) is 13.2 Å². The molecule has 3 aromatic rings. The molecule has 2 heterocycles. The van der Waals surface area contributed by atoms with Crippen LogP contribution in [0.15, 0.2) is 39.3 Å². The molecule has 0 radical (unpaired) electrons. The van der Waals surface area contributed by atoms with Crippen molar-refractivity contribution in [1.29, 1.82) is 0 Å². The van der Waals surface area contributed by atoms with Crippen LogP contribution in [0.25, 0.3) is 10.2 Å². The Morgan fingerprint density at radius 3 is 2.77 bits per heavy atom. The summed E-state index contributed by atoms with van der Waals surface area (Å²) in [4.78, 5) is 19.1. The zero-order chi connectivity index (χ0) is 15.9. The Balaban J connectivity index is 2.07. The van der Waals surface area contributed by atoms with Gasteiger partial charge in [-0.1, -0.05) is 23.7 Å². The first-order valence-corrected chi connectivity index (χ1v) is 8.71. The summed E-state index contributed by atoms with van der Waals surface area (Å²) in [7, 11) is -4.35. The lowest BCUT2D eigenvalue weighted by Crippen LogP contribution is -2.10. The molecule has 114 valence electrons. The van der Waals surface area contributed by atoms with E-state index in [0.717, 1.165) is 23.0 Å². The van der Waals surface area contributed by atoms with Crippen LogP contribution < -0.4 is 5.56 Å². The quantitative estimate of drug-likeness (QED) is 0.702. The monoisotopic (exact) mass is 356 g/mol.